The van der Waals surface area contributed by atoms with Gasteiger partial charge in [-0.05, 0) is 45.4 Å². The van der Waals surface area contributed by atoms with Crippen molar-refractivity contribution in [2.75, 3.05) is 23.5 Å². The minimum atomic E-state index is -0.148. The van der Waals surface area contributed by atoms with E-state index in [1.165, 1.54) is 0 Å². The van der Waals surface area contributed by atoms with E-state index in [0.29, 0.717) is 5.75 Å². The molecule has 1 aromatic carbocycles. The van der Waals surface area contributed by atoms with Crippen molar-refractivity contribution < 1.29 is 9.53 Å². The quantitative estimate of drug-likeness (QED) is 0.874. The van der Waals surface area contributed by atoms with Crippen molar-refractivity contribution in [3.63, 3.8) is 0 Å². The Morgan fingerprint density at radius 1 is 1.50 bits per heavy atom. The van der Waals surface area contributed by atoms with E-state index >= 15 is 0 Å². The van der Waals surface area contributed by atoms with Gasteiger partial charge in [0, 0.05) is 23.7 Å². The average molecular weight is 294 g/mol. The number of methoxy groups -OCH3 is 1. The molecule has 4 nitrogen and oxygen atoms in total. The van der Waals surface area contributed by atoms with E-state index in [0.717, 1.165) is 22.7 Å². The molecule has 1 amide bonds. The van der Waals surface area contributed by atoms with Gasteiger partial charge in [-0.1, -0.05) is 0 Å². The molecule has 1 atom stereocenters. The van der Waals surface area contributed by atoms with Crippen LogP contribution in [0.5, 0.6) is 0 Å². The molecule has 0 aromatic heterocycles. The highest BCUT2D eigenvalue weighted by atomic mass is 32.2. The zero-order valence-electron chi connectivity index (χ0n) is 12.4. The number of thioether (sulfide) groups is 1. The van der Waals surface area contributed by atoms with E-state index in [2.05, 4.69) is 43.5 Å². The Balaban J connectivity index is 2.03. The van der Waals surface area contributed by atoms with Gasteiger partial charge in [0.15, 0.2) is 0 Å². The first-order valence-electron chi connectivity index (χ1n) is 6.78. The van der Waals surface area contributed by atoms with Gasteiger partial charge in [0.25, 0.3) is 0 Å². The van der Waals surface area contributed by atoms with Gasteiger partial charge in [0.2, 0.25) is 5.91 Å². The van der Waals surface area contributed by atoms with Gasteiger partial charge in [-0.25, -0.2) is 0 Å². The fraction of sp³-hybridized carbons (Fsp3) is 0.533. The smallest absolute Gasteiger partial charge is 0.234 e. The maximum absolute atomic E-state index is 11.4. The van der Waals surface area contributed by atoms with Crippen LogP contribution in [0.2, 0.25) is 0 Å². The lowest BCUT2D eigenvalue weighted by Gasteiger charge is -2.28. The lowest BCUT2D eigenvalue weighted by atomic mass is 9.99. The van der Waals surface area contributed by atoms with Gasteiger partial charge in [-0.2, -0.15) is 0 Å². The Bertz CT molecular complexity index is 503. The summed E-state index contributed by atoms with van der Waals surface area (Å²) in [6, 6.07) is 6.39. The summed E-state index contributed by atoms with van der Waals surface area (Å²) in [4.78, 5) is 12.5. The maximum Gasteiger partial charge on any atom is 0.234 e. The molecule has 1 aliphatic rings. The van der Waals surface area contributed by atoms with Crippen LogP contribution in [0.3, 0.4) is 0 Å². The highest BCUT2D eigenvalue weighted by Gasteiger charge is 2.21. The van der Waals surface area contributed by atoms with Gasteiger partial charge in [0.05, 0.1) is 17.0 Å². The third-order valence-corrected chi connectivity index (χ3v) is 4.45. The van der Waals surface area contributed by atoms with Crippen LogP contribution in [0.1, 0.15) is 27.2 Å². The Morgan fingerprint density at radius 2 is 2.25 bits per heavy atom. The Kier molecular flexibility index (Phi) is 4.60. The second-order valence-corrected chi connectivity index (χ2v) is 6.78. The third-order valence-electron chi connectivity index (χ3n) is 3.38. The summed E-state index contributed by atoms with van der Waals surface area (Å²) in [5.41, 5.74) is 1.77. The van der Waals surface area contributed by atoms with Gasteiger partial charge in [-0.15, -0.1) is 11.8 Å². The zero-order valence-corrected chi connectivity index (χ0v) is 13.3. The summed E-state index contributed by atoms with van der Waals surface area (Å²) < 4.78 is 5.45. The van der Waals surface area contributed by atoms with Crippen LogP contribution in [0.4, 0.5) is 11.4 Å². The standard InChI is InChI=1S/C15H22N2O2S/c1-10(8-15(2,3)19-4)16-11-5-6-13-12(7-11)17-14(18)9-20-13/h5-7,10,16H,8-9H2,1-4H3,(H,17,18). The molecular weight excluding hydrogens is 272 g/mol. The second kappa shape index (κ2) is 6.06. The maximum atomic E-state index is 11.4. The number of carbonyl (C=O) groups excluding carboxylic acids is 1. The number of carbonyl (C=O) groups is 1. The molecule has 0 spiro atoms. The lowest BCUT2D eigenvalue weighted by molar-refractivity contribution is -0.113. The van der Waals surface area contributed by atoms with Crippen molar-refractivity contribution >= 4 is 29.0 Å². The number of amides is 1. The van der Waals surface area contributed by atoms with Crippen molar-refractivity contribution in [3.05, 3.63) is 18.2 Å². The zero-order chi connectivity index (χ0) is 14.8. The first-order valence-corrected chi connectivity index (χ1v) is 7.76. The van der Waals surface area contributed by atoms with Crippen molar-refractivity contribution in [3.8, 4) is 0 Å². The van der Waals surface area contributed by atoms with E-state index in [-0.39, 0.29) is 17.6 Å². The molecule has 0 fully saturated rings. The van der Waals surface area contributed by atoms with E-state index in [1.807, 2.05) is 6.07 Å². The number of anilines is 2. The number of fused-ring (bicyclic) bond motifs is 1. The van der Waals surface area contributed by atoms with Crippen molar-refractivity contribution in [2.24, 2.45) is 0 Å². The molecule has 2 rings (SSSR count). The lowest BCUT2D eigenvalue weighted by Crippen LogP contribution is -2.31. The molecule has 1 aromatic rings. The third kappa shape index (κ3) is 3.90. The Labute approximate surface area is 124 Å². The minimum absolute atomic E-state index is 0.0632. The molecule has 0 saturated carbocycles. The van der Waals surface area contributed by atoms with Gasteiger partial charge in [0.1, 0.15) is 0 Å². The van der Waals surface area contributed by atoms with Crippen LogP contribution in [-0.4, -0.2) is 30.4 Å². The Morgan fingerprint density at radius 3 is 2.95 bits per heavy atom. The minimum Gasteiger partial charge on any atom is -0.382 e. The SMILES string of the molecule is COC(C)(C)CC(C)Nc1ccc2c(c1)NC(=O)CS2. The molecule has 1 aliphatic heterocycles. The van der Waals surface area contributed by atoms with E-state index in [4.69, 9.17) is 4.74 Å². The first kappa shape index (κ1) is 15.2. The van der Waals surface area contributed by atoms with Gasteiger partial charge in [-0.3, -0.25) is 4.79 Å². The Hall–Kier alpha value is -1.20. The molecular formula is C15H22N2O2S. The summed E-state index contributed by atoms with van der Waals surface area (Å²) in [6.45, 7) is 6.29. The number of ether oxygens (including phenoxy) is 1. The summed E-state index contributed by atoms with van der Waals surface area (Å²) in [6.07, 6.45) is 0.904. The normalized spacial score (nSPS) is 16.3. The number of hydrogen-bond donors (Lipinski definition) is 2. The number of hydrogen-bond acceptors (Lipinski definition) is 4. The summed E-state index contributed by atoms with van der Waals surface area (Å²) in [5, 5.41) is 6.37. The highest BCUT2D eigenvalue weighted by molar-refractivity contribution is 8.00. The molecule has 1 unspecified atom stereocenters. The van der Waals surface area contributed by atoms with Crippen LogP contribution in [-0.2, 0) is 9.53 Å². The summed E-state index contributed by atoms with van der Waals surface area (Å²) in [7, 11) is 1.73. The highest BCUT2D eigenvalue weighted by Crippen LogP contribution is 2.33. The molecule has 0 saturated heterocycles. The van der Waals surface area contributed by atoms with Gasteiger partial charge >= 0.3 is 0 Å². The van der Waals surface area contributed by atoms with Gasteiger partial charge < -0.3 is 15.4 Å². The number of rotatable bonds is 5. The molecule has 2 N–H and O–H groups in total. The molecule has 110 valence electrons. The van der Waals surface area contributed by atoms with Crippen LogP contribution in [0, 0.1) is 0 Å². The molecule has 0 aliphatic carbocycles. The van der Waals surface area contributed by atoms with Crippen molar-refractivity contribution in [1.29, 1.82) is 0 Å². The van der Waals surface area contributed by atoms with Crippen LogP contribution in [0.15, 0.2) is 23.1 Å². The molecule has 20 heavy (non-hydrogen) atoms. The van der Waals surface area contributed by atoms with Crippen molar-refractivity contribution in [1.82, 2.24) is 0 Å². The predicted molar refractivity (Wildman–Crippen MR) is 84.6 cm³/mol. The molecule has 0 bridgehead atoms. The molecule has 1 heterocycles. The van der Waals surface area contributed by atoms with Crippen LogP contribution >= 0.6 is 11.8 Å². The summed E-state index contributed by atoms with van der Waals surface area (Å²) >= 11 is 1.58. The average Bonchev–Trinajstić information content (AvgIpc) is 2.37. The number of benzene rings is 1. The van der Waals surface area contributed by atoms with E-state index < -0.39 is 0 Å². The topological polar surface area (TPSA) is 50.4 Å². The van der Waals surface area contributed by atoms with E-state index in [1.54, 1.807) is 18.9 Å². The first-order chi connectivity index (χ1) is 9.39. The monoisotopic (exact) mass is 294 g/mol. The second-order valence-electron chi connectivity index (χ2n) is 5.76. The molecule has 0 radical (unpaired) electrons. The fourth-order valence-corrected chi connectivity index (χ4v) is 3.12. The van der Waals surface area contributed by atoms with Crippen molar-refractivity contribution in [2.45, 2.75) is 43.7 Å². The fourth-order valence-electron chi connectivity index (χ4n) is 2.33. The number of nitrogens with one attached hydrogen (secondary N) is 2. The van der Waals surface area contributed by atoms with Crippen LogP contribution < -0.4 is 10.6 Å². The van der Waals surface area contributed by atoms with Crippen LogP contribution in [0.25, 0.3) is 0 Å². The molecule has 5 heteroatoms. The predicted octanol–water partition coefficient (Wildman–Crippen LogP) is 3.35. The largest absolute Gasteiger partial charge is 0.382 e. The summed E-state index contributed by atoms with van der Waals surface area (Å²) in [5.74, 6) is 0.561. The van der Waals surface area contributed by atoms with E-state index in [9.17, 15) is 4.79 Å².